The van der Waals surface area contributed by atoms with Crippen molar-refractivity contribution in [1.82, 2.24) is 0 Å². The Kier molecular flexibility index (Phi) is 27.6. The van der Waals surface area contributed by atoms with Crippen LogP contribution < -0.4 is 0 Å². The molecule has 0 bridgehead atoms. The number of hydrogen-bond donors (Lipinski definition) is 8. The summed E-state index contributed by atoms with van der Waals surface area (Å²) >= 11 is 0. The van der Waals surface area contributed by atoms with Crippen LogP contribution in [-0.4, -0.2) is 135 Å². The highest BCUT2D eigenvalue weighted by Gasteiger charge is 2.19. The number of rotatable bonds is 35. The molecule has 4 rings (SSSR count). The number of ether oxygens (including phenoxy) is 3. The normalized spacial score (nSPS) is 13.3. The van der Waals surface area contributed by atoms with Crippen molar-refractivity contribution in [3.8, 4) is 22.3 Å². The molecule has 0 aliphatic rings. The third kappa shape index (κ3) is 21.6. The van der Waals surface area contributed by atoms with E-state index in [4.69, 9.17) is 34.6 Å². The monoisotopic (exact) mass is 1040 g/mol. The molecule has 0 aromatic heterocycles. The molecular formula is C60H76O15. The number of carbonyl (C=O) groups excluding carboxylic acids is 4. The second kappa shape index (κ2) is 33.7. The zero-order chi connectivity index (χ0) is 54.5. The summed E-state index contributed by atoms with van der Waals surface area (Å²) < 4.78 is 16.5. The zero-order valence-corrected chi connectivity index (χ0v) is 43.1. The van der Waals surface area contributed by atoms with Crippen LogP contribution in [0.1, 0.15) is 149 Å². The summed E-state index contributed by atoms with van der Waals surface area (Å²) in [7, 11) is 0. The predicted molar refractivity (Wildman–Crippen MR) is 288 cm³/mol. The van der Waals surface area contributed by atoms with Crippen molar-refractivity contribution in [3.05, 3.63) is 143 Å². The number of aliphatic hydroxyl groups excluding tert-OH is 8. The first kappa shape index (κ1) is 61.4. The summed E-state index contributed by atoms with van der Waals surface area (Å²) in [6, 6.07) is 25.3. The van der Waals surface area contributed by atoms with Gasteiger partial charge in [0, 0.05) is 12.0 Å². The topological polar surface area (TPSA) is 258 Å². The molecule has 4 aromatic rings. The fraction of sp³-hybridized carbons (Fsp3) is 0.433. The number of carbonyl (C=O) groups is 4. The summed E-state index contributed by atoms with van der Waals surface area (Å²) in [6.45, 7) is 5.05. The Morgan fingerprint density at radius 1 is 0.440 bits per heavy atom. The largest absolute Gasteiger partial charge is 0.462 e. The van der Waals surface area contributed by atoms with Gasteiger partial charge in [-0.3, -0.25) is 4.79 Å². The molecule has 0 aliphatic heterocycles. The molecule has 0 amide bonds. The average molecular weight is 1040 g/mol. The lowest BCUT2D eigenvalue weighted by atomic mass is 9.94. The minimum absolute atomic E-state index is 0.0710. The van der Waals surface area contributed by atoms with Gasteiger partial charge in [0.1, 0.15) is 0 Å². The van der Waals surface area contributed by atoms with Crippen LogP contribution in [0.4, 0.5) is 0 Å². The number of hydrogen-bond acceptors (Lipinski definition) is 15. The van der Waals surface area contributed by atoms with Crippen LogP contribution in [0.3, 0.4) is 0 Å². The molecule has 75 heavy (non-hydrogen) atoms. The van der Waals surface area contributed by atoms with Gasteiger partial charge < -0.3 is 55.1 Å². The van der Waals surface area contributed by atoms with E-state index < -0.39 is 42.3 Å². The third-order valence-electron chi connectivity index (χ3n) is 12.6. The van der Waals surface area contributed by atoms with Crippen molar-refractivity contribution in [1.29, 1.82) is 0 Å². The Hall–Kier alpha value is -6.14. The molecule has 15 heteroatoms. The van der Waals surface area contributed by atoms with Crippen LogP contribution in [0, 0.1) is 0 Å². The van der Waals surface area contributed by atoms with E-state index in [9.17, 15) is 39.6 Å². The minimum atomic E-state index is -0.842. The first-order valence-corrected chi connectivity index (χ1v) is 25.9. The third-order valence-corrected chi connectivity index (χ3v) is 12.6. The highest BCUT2D eigenvalue weighted by atomic mass is 16.5. The van der Waals surface area contributed by atoms with E-state index in [1.807, 2.05) is 67.6 Å². The molecule has 4 aromatic carbocycles. The first-order chi connectivity index (χ1) is 36.2. The molecule has 0 saturated heterocycles. The summed E-state index contributed by atoms with van der Waals surface area (Å²) in [4.78, 5) is 53.2. The van der Waals surface area contributed by atoms with E-state index in [0.717, 1.165) is 27.8 Å². The van der Waals surface area contributed by atoms with Crippen molar-refractivity contribution >= 4 is 34.8 Å². The SMILES string of the molecule is C=C(/C=C\C(=C/C)c1ccc(-c2ccc(-c3cc(C(=O)CCCCCC(O)CO)cc(C(=O)OCCCCC(O)CO)c3)cc2)cc1)c1cc(C(=O)OCCCCC(O)CO)cc(C(=O)OCCCCC(O)CO)c1. The number of ketones is 1. The summed E-state index contributed by atoms with van der Waals surface area (Å²) in [6.07, 6.45) is 9.09. The van der Waals surface area contributed by atoms with E-state index in [0.29, 0.717) is 106 Å². The Labute approximate surface area is 440 Å². The van der Waals surface area contributed by atoms with E-state index in [1.165, 1.54) is 6.07 Å². The highest BCUT2D eigenvalue weighted by molar-refractivity contribution is 6.01. The molecule has 406 valence electrons. The molecule has 15 nitrogen and oxygen atoms in total. The molecule has 0 radical (unpaired) electrons. The van der Waals surface area contributed by atoms with Crippen LogP contribution in [0.15, 0.2) is 110 Å². The molecule has 0 heterocycles. The maximum Gasteiger partial charge on any atom is 0.338 e. The van der Waals surface area contributed by atoms with Crippen LogP contribution in [-0.2, 0) is 14.2 Å². The van der Waals surface area contributed by atoms with Crippen LogP contribution in [0.5, 0.6) is 0 Å². The maximum atomic E-state index is 13.5. The second-order valence-electron chi connectivity index (χ2n) is 18.6. The van der Waals surface area contributed by atoms with Gasteiger partial charge in [-0.1, -0.05) is 86.2 Å². The Bertz CT molecular complexity index is 2380. The minimum Gasteiger partial charge on any atom is -0.462 e. The van der Waals surface area contributed by atoms with Gasteiger partial charge in [-0.15, -0.1) is 0 Å². The second-order valence-corrected chi connectivity index (χ2v) is 18.6. The van der Waals surface area contributed by atoms with Gasteiger partial charge in [-0.25, -0.2) is 14.4 Å². The lowest BCUT2D eigenvalue weighted by molar-refractivity contribution is 0.0470. The molecule has 0 fully saturated rings. The number of unbranched alkanes of at least 4 members (excludes halogenated alkanes) is 5. The van der Waals surface area contributed by atoms with Crippen molar-refractivity contribution in [2.24, 2.45) is 0 Å². The van der Waals surface area contributed by atoms with Gasteiger partial charge in [-0.05, 0) is 158 Å². The van der Waals surface area contributed by atoms with Crippen molar-refractivity contribution in [3.63, 3.8) is 0 Å². The molecule has 0 aliphatic carbocycles. The lowest BCUT2D eigenvalue weighted by Crippen LogP contribution is -2.13. The summed E-state index contributed by atoms with van der Waals surface area (Å²) in [5.74, 6) is -2.02. The molecule has 4 unspecified atom stereocenters. The van der Waals surface area contributed by atoms with Gasteiger partial charge in [0.15, 0.2) is 5.78 Å². The molecule has 4 atom stereocenters. The standard InChI is InChI=1S/C60H76O15/c1-3-42(19-18-41(2)47-31-50(58(70)73-28-10-7-14-54(66)38-62)36-51(32-47)59(71)74-29-11-8-15-55(67)39-63)43-20-22-44(23-21-43)45-24-26-46(27-25-45)48-33-49(57(69)17-6-4-5-13-53(65)37-61)35-52(34-48)60(72)75-30-12-9-16-56(68)40-64/h3,18-27,31-36,53-56,61-68H,2,4-17,28-30,37-40H2,1H3/b19-18-,42-3+. The van der Waals surface area contributed by atoms with Gasteiger partial charge in [-0.2, -0.15) is 0 Å². The quantitative estimate of drug-likeness (QED) is 0.00710. The number of esters is 3. The number of benzene rings is 4. The predicted octanol–water partition coefficient (Wildman–Crippen LogP) is 8.22. The van der Waals surface area contributed by atoms with Gasteiger partial charge in [0.25, 0.3) is 0 Å². The summed E-state index contributed by atoms with van der Waals surface area (Å²) in [5.41, 5.74) is 6.92. The Morgan fingerprint density at radius 2 is 0.800 bits per heavy atom. The maximum absolute atomic E-state index is 13.5. The van der Waals surface area contributed by atoms with Gasteiger partial charge in [0.2, 0.25) is 0 Å². The fourth-order valence-electron chi connectivity index (χ4n) is 8.02. The lowest BCUT2D eigenvalue weighted by Gasteiger charge is -2.12. The number of allylic oxidation sites excluding steroid dienone is 5. The number of Topliss-reactive ketones (excluding diaryl/α,β-unsaturated/α-hetero) is 1. The average Bonchev–Trinajstić information content (AvgIpc) is 3.44. The van der Waals surface area contributed by atoms with Crippen molar-refractivity contribution in [2.75, 3.05) is 46.2 Å². The van der Waals surface area contributed by atoms with Crippen molar-refractivity contribution in [2.45, 2.75) is 121 Å². The van der Waals surface area contributed by atoms with Crippen molar-refractivity contribution < 1.29 is 74.2 Å². The Morgan fingerprint density at radius 3 is 1.23 bits per heavy atom. The molecule has 0 saturated carbocycles. The van der Waals surface area contributed by atoms with Crippen LogP contribution in [0.25, 0.3) is 33.4 Å². The van der Waals surface area contributed by atoms with Gasteiger partial charge >= 0.3 is 17.9 Å². The van der Waals surface area contributed by atoms with Crippen LogP contribution in [0.2, 0.25) is 0 Å². The van der Waals surface area contributed by atoms with Crippen LogP contribution >= 0.6 is 0 Å². The van der Waals surface area contributed by atoms with Gasteiger partial charge in [0.05, 0.1) is 87.4 Å². The number of aliphatic hydroxyl groups is 8. The van der Waals surface area contributed by atoms with E-state index >= 15 is 0 Å². The highest BCUT2D eigenvalue weighted by Crippen LogP contribution is 2.30. The molecule has 8 N–H and O–H groups in total. The van der Waals surface area contributed by atoms with E-state index in [-0.39, 0.29) is 75.1 Å². The summed E-state index contributed by atoms with van der Waals surface area (Å²) in [5, 5.41) is 74.9. The smallest absolute Gasteiger partial charge is 0.338 e. The van der Waals surface area contributed by atoms with E-state index in [1.54, 1.807) is 36.4 Å². The first-order valence-electron chi connectivity index (χ1n) is 25.9. The zero-order valence-electron chi connectivity index (χ0n) is 43.1. The fourth-order valence-corrected chi connectivity index (χ4v) is 8.02. The Balaban J connectivity index is 1.49. The molecule has 0 spiro atoms. The molecular weight excluding hydrogens is 961 g/mol. The van der Waals surface area contributed by atoms with E-state index in [2.05, 4.69) is 6.58 Å².